The molecule has 1 atom stereocenters. The Hall–Kier alpha value is -0.900. The zero-order chi connectivity index (χ0) is 14.1. The van der Waals surface area contributed by atoms with Crippen molar-refractivity contribution < 1.29 is 8.78 Å². The Bertz CT molecular complexity index is 475. The van der Waals surface area contributed by atoms with Crippen LogP contribution in [0.4, 0.5) is 14.6 Å². The molecule has 0 aromatic carbocycles. The highest BCUT2D eigenvalue weighted by atomic mass is 35.5. The van der Waals surface area contributed by atoms with Gasteiger partial charge in [0, 0.05) is 18.8 Å². The fraction of sp³-hybridized carbons (Fsp3) is 0.667. The highest BCUT2D eigenvalue weighted by Crippen LogP contribution is 2.37. The Morgan fingerprint density at radius 2 is 2.05 bits per heavy atom. The number of pyridine rings is 1. The van der Waals surface area contributed by atoms with E-state index in [2.05, 4.69) is 9.88 Å². The third-order valence-electron chi connectivity index (χ3n) is 4.62. The number of hydrogen-bond acceptors (Lipinski definition) is 2. The van der Waals surface area contributed by atoms with Gasteiger partial charge in [-0.1, -0.05) is 37.3 Å². The summed E-state index contributed by atoms with van der Waals surface area (Å²) in [6.07, 6.45) is 6.41. The summed E-state index contributed by atoms with van der Waals surface area (Å²) in [5.74, 6) is 1.58. The molecule has 0 bridgehead atoms. The molecule has 0 radical (unpaired) electrons. The largest absolute Gasteiger partial charge is 0.353 e. The molecule has 1 saturated heterocycles. The standard InChI is InChI=1S/C15H19ClF2N2/c16-13-8-14(19-9-12(13)15(17)18)20-6-5-11(20)7-10-3-1-2-4-10/h8-11,15H,1-7H2. The smallest absolute Gasteiger partial charge is 0.266 e. The zero-order valence-electron chi connectivity index (χ0n) is 11.4. The topological polar surface area (TPSA) is 16.1 Å². The van der Waals surface area contributed by atoms with Gasteiger partial charge in [0.05, 0.1) is 10.6 Å². The molecule has 20 heavy (non-hydrogen) atoms. The minimum Gasteiger partial charge on any atom is -0.353 e. The highest BCUT2D eigenvalue weighted by molar-refractivity contribution is 6.31. The monoisotopic (exact) mass is 300 g/mol. The molecule has 1 aromatic heterocycles. The van der Waals surface area contributed by atoms with Gasteiger partial charge in [-0.3, -0.25) is 0 Å². The summed E-state index contributed by atoms with van der Waals surface area (Å²) in [4.78, 5) is 6.38. The second-order valence-electron chi connectivity index (χ2n) is 5.89. The maximum Gasteiger partial charge on any atom is 0.266 e. The van der Waals surface area contributed by atoms with Crippen LogP contribution in [0.1, 0.15) is 50.5 Å². The first-order valence-corrected chi connectivity index (χ1v) is 7.73. The van der Waals surface area contributed by atoms with Crippen molar-refractivity contribution in [2.45, 2.75) is 51.0 Å². The van der Waals surface area contributed by atoms with Crippen LogP contribution in [0.5, 0.6) is 0 Å². The number of anilines is 1. The minimum atomic E-state index is -2.56. The van der Waals surface area contributed by atoms with E-state index in [9.17, 15) is 8.78 Å². The molecule has 2 heterocycles. The van der Waals surface area contributed by atoms with Gasteiger partial charge in [0.15, 0.2) is 0 Å². The molecule has 1 unspecified atom stereocenters. The third-order valence-corrected chi connectivity index (χ3v) is 4.95. The first-order valence-electron chi connectivity index (χ1n) is 7.35. The molecule has 2 fully saturated rings. The van der Waals surface area contributed by atoms with Crippen LogP contribution in [-0.4, -0.2) is 17.6 Å². The van der Waals surface area contributed by atoms with Crippen LogP contribution in [0.2, 0.25) is 5.02 Å². The number of alkyl halides is 2. The lowest BCUT2D eigenvalue weighted by Gasteiger charge is -2.43. The predicted octanol–water partition coefficient (Wildman–Crippen LogP) is 4.83. The van der Waals surface area contributed by atoms with E-state index in [0.717, 1.165) is 18.3 Å². The Labute approximate surface area is 123 Å². The molecule has 2 aliphatic rings. The third kappa shape index (κ3) is 2.76. The molecular formula is C15H19ClF2N2. The average molecular weight is 301 g/mol. The quantitative estimate of drug-likeness (QED) is 0.791. The molecule has 110 valence electrons. The molecule has 5 heteroatoms. The normalized spacial score (nSPS) is 23.4. The molecule has 2 nitrogen and oxygen atoms in total. The Morgan fingerprint density at radius 3 is 2.60 bits per heavy atom. The van der Waals surface area contributed by atoms with Crippen molar-refractivity contribution in [3.05, 3.63) is 22.8 Å². The van der Waals surface area contributed by atoms with Gasteiger partial charge < -0.3 is 4.90 Å². The average Bonchev–Trinajstić information content (AvgIpc) is 2.87. The van der Waals surface area contributed by atoms with Crippen LogP contribution in [-0.2, 0) is 0 Å². The fourth-order valence-corrected chi connectivity index (χ4v) is 3.60. The van der Waals surface area contributed by atoms with E-state index < -0.39 is 6.43 Å². The van der Waals surface area contributed by atoms with Crippen LogP contribution < -0.4 is 4.90 Å². The van der Waals surface area contributed by atoms with Gasteiger partial charge >= 0.3 is 0 Å². The lowest BCUT2D eigenvalue weighted by Crippen LogP contribution is -2.49. The lowest BCUT2D eigenvalue weighted by molar-refractivity contribution is 0.151. The maximum atomic E-state index is 12.7. The summed E-state index contributed by atoms with van der Waals surface area (Å²) in [6, 6.07) is 2.10. The SMILES string of the molecule is FC(F)c1cnc(N2CCC2CC2CCCC2)cc1Cl. The molecule has 1 saturated carbocycles. The van der Waals surface area contributed by atoms with Crippen molar-refractivity contribution in [3.63, 3.8) is 0 Å². The Kier molecular flexibility index (Phi) is 4.11. The second-order valence-corrected chi connectivity index (χ2v) is 6.29. The van der Waals surface area contributed by atoms with Gasteiger partial charge in [0.1, 0.15) is 5.82 Å². The summed E-state index contributed by atoms with van der Waals surface area (Å²) in [5, 5.41) is 0.122. The van der Waals surface area contributed by atoms with E-state index >= 15 is 0 Å². The fourth-order valence-electron chi connectivity index (χ4n) is 3.37. The lowest BCUT2D eigenvalue weighted by atomic mass is 9.90. The molecule has 1 aliphatic heterocycles. The van der Waals surface area contributed by atoms with E-state index in [1.54, 1.807) is 6.07 Å². The van der Waals surface area contributed by atoms with Crippen LogP contribution in [0.15, 0.2) is 12.3 Å². The Morgan fingerprint density at radius 1 is 1.30 bits per heavy atom. The molecule has 0 spiro atoms. The first-order chi connectivity index (χ1) is 9.65. The highest BCUT2D eigenvalue weighted by Gasteiger charge is 2.32. The van der Waals surface area contributed by atoms with E-state index in [0.29, 0.717) is 6.04 Å². The summed E-state index contributed by atoms with van der Waals surface area (Å²) in [6.45, 7) is 0.953. The van der Waals surface area contributed by atoms with Gasteiger partial charge in [-0.25, -0.2) is 13.8 Å². The summed E-state index contributed by atoms with van der Waals surface area (Å²) >= 11 is 5.92. The number of nitrogens with zero attached hydrogens (tertiary/aromatic N) is 2. The summed E-state index contributed by atoms with van der Waals surface area (Å²) in [5.41, 5.74) is -0.178. The van der Waals surface area contributed by atoms with E-state index in [1.165, 1.54) is 44.7 Å². The molecule has 1 aromatic rings. The van der Waals surface area contributed by atoms with Crippen LogP contribution >= 0.6 is 11.6 Å². The zero-order valence-corrected chi connectivity index (χ0v) is 12.1. The number of hydrogen-bond donors (Lipinski definition) is 0. The second kappa shape index (κ2) is 5.84. The molecular weight excluding hydrogens is 282 g/mol. The molecule has 1 aliphatic carbocycles. The minimum absolute atomic E-state index is 0.122. The van der Waals surface area contributed by atoms with Crippen molar-refractivity contribution in [1.82, 2.24) is 4.98 Å². The van der Waals surface area contributed by atoms with Gasteiger partial charge in [-0.2, -0.15) is 0 Å². The maximum absolute atomic E-state index is 12.7. The van der Waals surface area contributed by atoms with Gasteiger partial charge in [-0.15, -0.1) is 0 Å². The Balaban J connectivity index is 1.68. The summed E-state index contributed by atoms with van der Waals surface area (Å²) < 4.78 is 25.3. The van der Waals surface area contributed by atoms with Gasteiger partial charge in [0.2, 0.25) is 0 Å². The first kappa shape index (κ1) is 14.1. The van der Waals surface area contributed by atoms with Crippen LogP contribution in [0.25, 0.3) is 0 Å². The van der Waals surface area contributed by atoms with Gasteiger partial charge in [-0.05, 0) is 24.8 Å². The summed E-state index contributed by atoms with van der Waals surface area (Å²) in [7, 11) is 0. The van der Waals surface area contributed by atoms with E-state index in [-0.39, 0.29) is 10.6 Å². The molecule has 3 rings (SSSR count). The van der Waals surface area contributed by atoms with Crippen molar-refractivity contribution in [1.29, 1.82) is 0 Å². The van der Waals surface area contributed by atoms with Crippen molar-refractivity contribution >= 4 is 17.4 Å². The van der Waals surface area contributed by atoms with Crippen LogP contribution in [0, 0.1) is 5.92 Å². The van der Waals surface area contributed by atoms with E-state index in [4.69, 9.17) is 11.6 Å². The molecule has 0 amide bonds. The van der Waals surface area contributed by atoms with Crippen molar-refractivity contribution in [2.24, 2.45) is 5.92 Å². The number of aromatic nitrogens is 1. The number of halogens is 3. The van der Waals surface area contributed by atoms with Crippen LogP contribution in [0.3, 0.4) is 0 Å². The number of rotatable bonds is 4. The van der Waals surface area contributed by atoms with Crippen molar-refractivity contribution in [2.75, 3.05) is 11.4 Å². The van der Waals surface area contributed by atoms with Gasteiger partial charge in [0.25, 0.3) is 6.43 Å². The van der Waals surface area contributed by atoms with Crippen molar-refractivity contribution in [3.8, 4) is 0 Å². The molecule has 0 N–H and O–H groups in total. The predicted molar refractivity (Wildman–Crippen MR) is 76.5 cm³/mol. The van der Waals surface area contributed by atoms with E-state index in [1.807, 2.05) is 0 Å².